The van der Waals surface area contributed by atoms with Gasteiger partial charge in [0.1, 0.15) is 22.3 Å². The van der Waals surface area contributed by atoms with E-state index < -0.39 is 0 Å². The molecule has 2 aromatic heterocycles. The van der Waals surface area contributed by atoms with Crippen molar-refractivity contribution in [2.24, 2.45) is 0 Å². The summed E-state index contributed by atoms with van der Waals surface area (Å²) in [5.41, 5.74) is 1.49. The Morgan fingerprint density at radius 3 is 2.61 bits per heavy atom. The maximum absolute atomic E-state index is 12.7. The Labute approximate surface area is 217 Å². The Kier molecular flexibility index (Phi) is 9.94. The van der Waals surface area contributed by atoms with Gasteiger partial charge in [0.2, 0.25) is 0 Å². The van der Waals surface area contributed by atoms with E-state index in [1.54, 1.807) is 6.07 Å². The van der Waals surface area contributed by atoms with E-state index in [-0.39, 0.29) is 19.0 Å². The molecule has 1 fully saturated rings. The van der Waals surface area contributed by atoms with Crippen molar-refractivity contribution in [3.05, 3.63) is 51.7 Å². The highest BCUT2D eigenvalue weighted by atomic mass is 35.5. The number of aliphatic hydroxyl groups excluding tert-OH is 1. The van der Waals surface area contributed by atoms with Crippen LogP contribution in [0, 0.1) is 13.8 Å². The fraction of sp³-hybridized carbons (Fsp3) is 0.348. The number of aryl methyl sites for hydroxylation is 2. The summed E-state index contributed by atoms with van der Waals surface area (Å²) >= 11 is 7.46. The topological polar surface area (TPSA) is 144 Å². The molecule has 13 heteroatoms. The monoisotopic (exact) mass is 533 g/mol. The lowest BCUT2D eigenvalue weighted by Crippen LogP contribution is -2.47. The number of piperazine rings is 1. The number of rotatable bonds is 7. The van der Waals surface area contributed by atoms with Crippen molar-refractivity contribution < 1.29 is 19.8 Å². The quantitative estimate of drug-likeness (QED) is 0.334. The van der Waals surface area contributed by atoms with Crippen LogP contribution in [0.3, 0.4) is 0 Å². The molecule has 36 heavy (non-hydrogen) atoms. The van der Waals surface area contributed by atoms with Gasteiger partial charge in [-0.2, -0.15) is 0 Å². The number of carbonyl (C=O) groups excluding carboxylic acids is 1. The molecule has 0 saturated carbocycles. The number of aromatic nitrogens is 3. The predicted molar refractivity (Wildman–Crippen MR) is 141 cm³/mol. The summed E-state index contributed by atoms with van der Waals surface area (Å²) in [5.74, 6) is 1.85. The van der Waals surface area contributed by atoms with E-state index in [4.69, 9.17) is 26.6 Å². The normalized spacial score (nSPS) is 13.5. The zero-order valence-electron chi connectivity index (χ0n) is 19.9. The molecular formula is C23H28ClN7O4S. The van der Waals surface area contributed by atoms with Gasteiger partial charge in [0.25, 0.3) is 12.4 Å². The van der Waals surface area contributed by atoms with Gasteiger partial charge in [-0.1, -0.05) is 35.1 Å². The number of halogens is 1. The summed E-state index contributed by atoms with van der Waals surface area (Å²) in [6.45, 7) is 7.78. The molecule has 1 amide bonds. The van der Waals surface area contributed by atoms with Gasteiger partial charge in [-0.25, -0.2) is 15.0 Å². The van der Waals surface area contributed by atoms with E-state index in [0.29, 0.717) is 38.9 Å². The zero-order chi connectivity index (χ0) is 26.1. The highest BCUT2D eigenvalue weighted by Gasteiger charge is 2.19. The van der Waals surface area contributed by atoms with Crippen LogP contribution in [0.5, 0.6) is 0 Å². The zero-order valence-corrected chi connectivity index (χ0v) is 21.5. The van der Waals surface area contributed by atoms with Crippen LogP contribution in [0.4, 0.5) is 22.5 Å². The summed E-state index contributed by atoms with van der Waals surface area (Å²) in [4.78, 5) is 39.3. The first-order valence-corrected chi connectivity index (χ1v) is 12.3. The van der Waals surface area contributed by atoms with Crippen LogP contribution in [-0.4, -0.2) is 81.8 Å². The van der Waals surface area contributed by atoms with Crippen molar-refractivity contribution in [3.8, 4) is 0 Å². The molecule has 1 aromatic carbocycles. The second-order valence-electron chi connectivity index (χ2n) is 7.86. The Bertz CT molecular complexity index is 1160. The minimum atomic E-state index is -0.267. The molecule has 0 aliphatic carbocycles. The molecule has 4 N–H and O–H groups in total. The van der Waals surface area contributed by atoms with Gasteiger partial charge in [0.05, 0.1) is 23.5 Å². The molecule has 1 aliphatic heterocycles. The number of thiazole rings is 1. The number of nitrogens with one attached hydrogen (secondary N) is 2. The Morgan fingerprint density at radius 1 is 1.22 bits per heavy atom. The number of hydrogen-bond donors (Lipinski definition) is 4. The van der Waals surface area contributed by atoms with Crippen LogP contribution in [0.25, 0.3) is 0 Å². The van der Waals surface area contributed by atoms with Crippen LogP contribution < -0.4 is 15.5 Å². The van der Waals surface area contributed by atoms with E-state index in [1.165, 1.54) is 17.5 Å². The van der Waals surface area contributed by atoms with Crippen LogP contribution in [0.1, 0.15) is 21.1 Å². The van der Waals surface area contributed by atoms with Gasteiger partial charge in [0.15, 0.2) is 5.13 Å². The van der Waals surface area contributed by atoms with Crippen molar-refractivity contribution >= 4 is 57.8 Å². The van der Waals surface area contributed by atoms with E-state index in [9.17, 15) is 4.79 Å². The molecule has 1 saturated heterocycles. The first-order valence-electron chi connectivity index (χ1n) is 11.2. The third-order valence-corrected chi connectivity index (χ3v) is 6.59. The fourth-order valence-electron chi connectivity index (χ4n) is 3.63. The molecule has 192 valence electrons. The number of para-hydroxylation sites is 1. The molecule has 0 bridgehead atoms. The van der Waals surface area contributed by atoms with Crippen LogP contribution in [-0.2, 0) is 4.79 Å². The Morgan fingerprint density at radius 2 is 1.94 bits per heavy atom. The first-order chi connectivity index (χ1) is 17.3. The molecule has 0 unspecified atom stereocenters. The largest absolute Gasteiger partial charge is 0.483 e. The minimum absolute atomic E-state index is 0.173. The van der Waals surface area contributed by atoms with Gasteiger partial charge in [-0.3, -0.25) is 14.5 Å². The van der Waals surface area contributed by atoms with Crippen molar-refractivity contribution in [1.82, 2.24) is 19.9 Å². The van der Waals surface area contributed by atoms with Crippen molar-refractivity contribution in [2.75, 3.05) is 54.9 Å². The summed E-state index contributed by atoms with van der Waals surface area (Å²) in [7, 11) is 0. The number of carbonyl (C=O) groups is 2. The number of carboxylic acid groups (broad SMARTS) is 1. The highest BCUT2D eigenvalue weighted by molar-refractivity contribution is 7.17. The lowest BCUT2D eigenvalue weighted by Gasteiger charge is -2.35. The number of hydrogen-bond acceptors (Lipinski definition) is 10. The van der Waals surface area contributed by atoms with Crippen LogP contribution >= 0.6 is 22.9 Å². The van der Waals surface area contributed by atoms with Gasteiger partial charge in [0, 0.05) is 38.8 Å². The molecule has 0 spiro atoms. The van der Waals surface area contributed by atoms with E-state index in [1.807, 2.05) is 32.0 Å². The average Bonchev–Trinajstić information content (AvgIpc) is 3.31. The van der Waals surface area contributed by atoms with Gasteiger partial charge in [-0.05, 0) is 25.5 Å². The lowest BCUT2D eigenvalue weighted by atomic mass is 10.2. The average molecular weight is 534 g/mol. The summed E-state index contributed by atoms with van der Waals surface area (Å²) in [6, 6.07) is 7.37. The van der Waals surface area contributed by atoms with Gasteiger partial charge < -0.3 is 25.7 Å². The Hall–Kier alpha value is -3.32. The molecule has 3 heterocycles. The standard InChI is InChI=1S/C22H26ClN7O2S.CH2O2/c1-14-4-3-5-16(23)20(14)28-21(32)17-13-24-22(33-17)27-18-12-19(26-15(2)25-18)30-8-6-29(7-9-30)10-11-31;2-1-3/h3-5,12-13,31H,6-11H2,1-2H3,(H,28,32)(H,24,25,26,27);1H,(H,2,3). The first kappa shape index (κ1) is 27.3. The van der Waals surface area contributed by atoms with Crippen LogP contribution in [0.15, 0.2) is 30.5 Å². The number of β-amino-alcohol motifs (C(OH)–C–C–N with tert-alkyl or cyclic N) is 1. The number of benzene rings is 1. The SMILES string of the molecule is Cc1nc(Nc2ncc(C(=O)Nc3c(C)cccc3Cl)s2)cc(N2CCN(CCO)CC2)n1.O=CO. The van der Waals surface area contributed by atoms with E-state index in [0.717, 1.165) is 37.6 Å². The van der Waals surface area contributed by atoms with Crippen molar-refractivity contribution in [3.63, 3.8) is 0 Å². The second-order valence-corrected chi connectivity index (χ2v) is 9.29. The molecule has 1 aliphatic rings. The second kappa shape index (κ2) is 13.1. The molecule has 0 atom stereocenters. The lowest BCUT2D eigenvalue weighted by molar-refractivity contribution is -0.122. The summed E-state index contributed by atoms with van der Waals surface area (Å²) < 4.78 is 0. The third-order valence-electron chi connectivity index (χ3n) is 5.36. The van der Waals surface area contributed by atoms with Gasteiger partial charge in [-0.15, -0.1) is 0 Å². The minimum Gasteiger partial charge on any atom is -0.483 e. The summed E-state index contributed by atoms with van der Waals surface area (Å²) in [5, 5.41) is 23.1. The fourth-order valence-corrected chi connectivity index (χ4v) is 4.62. The van der Waals surface area contributed by atoms with E-state index >= 15 is 0 Å². The predicted octanol–water partition coefficient (Wildman–Crippen LogP) is 3.01. The smallest absolute Gasteiger partial charge is 0.290 e. The summed E-state index contributed by atoms with van der Waals surface area (Å²) in [6.07, 6.45) is 1.53. The highest BCUT2D eigenvalue weighted by Crippen LogP contribution is 2.28. The van der Waals surface area contributed by atoms with Crippen molar-refractivity contribution in [1.29, 1.82) is 0 Å². The number of amides is 1. The molecule has 3 aromatic rings. The number of anilines is 4. The Balaban J connectivity index is 0.00000115. The molecule has 4 rings (SSSR count). The van der Waals surface area contributed by atoms with Gasteiger partial charge >= 0.3 is 0 Å². The molecule has 11 nitrogen and oxygen atoms in total. The maximum atomic E-state index is 12.7. The number of aliphatic hydroxyl groups is 1. The molecule has 0 radical (unpaired) electrons. The maximum Gasteiger partial charge on any atom is 0.290 e. The van der Waals surface area contributed by atoms with Crippen LogP contribution in [0.2, 0.25) is 5.02 Å². The van der Waals surface area contributed by atoms with Crippen molar-refractivity contribution in [2.45, 2.75) is 13.8 Å². The van der Waals surface area contributed by atoms with E-state index in [2.05, 4.69) is 35.4 Å². The number of nitrogens with zero attached hydrogens (tertiary/aromatic N) is 5. The molecular weight excluding hydrogens is 506 g/mol. The third kappa shape index (κ3) is 7.34.